The lowest BCUT2D eigenvalue weighted by Crippen LogP contribution is -2.16. The number of nitrogens with zero attached hydrogens (tertiary/aromatic N) is 3. The van der Waals surface area contributed by atoms with Crippen LogP contribution in [0.15, 0.2) is 124 Å². The minimum absolute atomic E-state index is 0. The van der Waals surface area contributed by atoms with E-state index in [0.29, 0.717) is 10.6 Å². The molecule has 0 aliphatic heterocycles. The molecule has 1 aromatic heterocycles. The largest absolute Gasteiger partial charge is 0.285 e. The molecule has 0 radical (unpaired) electrons. The van der Waals surface area contributed by atoms with Gasteiger partial charge in [0.25, 0.3) is 0 Å². The van der Waals surface area contributed by atoms with Crippen LogP contribution in [-0.4, -0.2) is 24.7 Å². The van der Waals surface area contributed by atoms with Gasteiger partial charge in [0.2, 0.25) is 0 Å². The predicted molar refractivity (Wildman–Crippen MR) is 153 cm³/mol. The molecular weight excluding hydrogens is 554 g/mol. The van der Waals surface area contributed by atoms with E-state index >= 15 is 0 Å². The summed E-state index contributed by atoms with van der Waals surface area (Å²) in [5.74, 6) is -0.0132. The van der Waals surface area contributed by atoms with E-state index in [9.17, 15) is 8.42 Å². The quantitative estimate of drug-likeness (QED) is 0.180. The summed E-state index contributed by atoms with van der Waals surface area (Å²) in [5, 5.41) is 0. The summed E-state index contributed by atoms with van der Waals surface area (Å²) in [6.07, 6.45) is 0. The van der Waals surface area contributed by atoms with Crippen LogP contribution in [0.1, 0.15) is 11.1 Å². The van der Waals surface area contributed by atoms with Crippen molar-refractivity contribution < 1.29 is 8.42 Å². The fourth-order valence-corrected chi connectivity index (χ4v) is 5.76. The number of halogens is 1. The van der Waals surface area contributed by atoms with E-state index in [-0.39, 0.29) is 27.8 Å². The number of thiazole rings is 1. The maximum absolute atomic E-state index is 13.0. The first-order chi connectivity index (χ1) is 17.0. The summed E-state index contributed by atoms with van der Waals surface area (Å²) in [6.45, 7) is 2.01. The fraction of sp³-hybridized carbons (Fsp3) is 0.0714. The van der Waals surface area contributed by atoms with Crippen molar-refractivity contribution in [2.24, 2.45) is 9.98 Å². The van der Waals surface area contributed by atoms with Crippen LogP contribution in [0, 0.1) is 6.92 Å². The molecule has 0 aliphatic carbocycles. The predicted octanol–water partition coefficient (Wildman–Crippen LogP) is 6.36. The second-order valence-electron chi connectivity index (χ2n) is 8.04. The Morgan fingerprint density at radius 3 is 2.11 bits per heavy atom. The van der Waals surface area contributed by atoms with Crippen molar-refractivity contribution >= 4 is 54.2 Å². The Hall–Kier alpha value is -3.33. The maximum Gasteiger partial charge on any atom is 0.198 e. The highest BCUT2D eigenvalue weighted by Gasteiger charge is 2.15. The van der Waals surface area contributed by atoms with Crippen LogP contribution in [0.2, 0.25) is 0 Å². The van der Waals surface area contributed by atoms with Gasteiger partial charge in [0.1, 0.15) is 5.88 Å². The third-order valence-corrected chi connectivity index (χ3v) is 7.99. The van der Waals surface area contributed by atoms with Crippen molar-refractivity contribution in [1.82, 2.24) is 4.57 Å². The Kier molecular flexibility index (Phi) is 7.98. The molecule has 182 valence electrons. The summed E-state index contributed by atoms with van der Waals surface area (Å²) in [7, 11) is -3.60. The van der Waals surface area contributed by atoms with Crippen LogP contribution in [-0.2, 0) is 9.84 Å². The second-order valence-corrected chi connectivity index (χ2v) is 11.0. The molecule has 36 heavy (non-hydrogen) atoms. The monoisotopic (exact) mass is 577 g/mol. The zero-order chi connectivity index (χ0) is 24.3. The van der Waals surface area contributed by atoms with Gasteiger partial charge in [-0.3, -0.25) is 4.57 Å². The van der Waals surface area contributed by atoms with Crippen molar-refractivity contribution in [3.63, 3.8) is 0 Å². The molecule has 1 heterocycles. The van der Waals surface area contributed by atoms with Crippen LogP contribution in [0.4, 0.5) is 0 Å². The SMILES string of the molecule is Br.Cc1ccc(/C(N=c2sc3ccccc3n2-c2ccccc2)=N/CS(=O)(=O)c2ccccc2)cc1. The Bertz CT molecular complexity index is 1670. The molecule has 5 nitrogen and oxygen atoms in total. The molecule has 0 atom stereocenters. The molecule has 5 aromatic rings. The molecule has 0 aliphatic rings. The maximum atomic E-state index is 13.0. The van der Waals surface area contributed by atoms with Crippen molar-refractivity contribution in [3.8, 4) is 5.69 Å². The first kappa shape index (κ1) is 25.8. The van der Waals surface area contributed by atoms with Gasteiger partial charge in [-0.25, -0.2) is 18.4 Å². The first-order valence-electron chi connectivity index (χ1n) is 11.1. The number of para-hydroxylation sites is 2. The van der Waals surface area contributed by atoms with Crippen molar-refractivity contribution in [2.75, 3.05) is 5.88 Å². The van der Waals surface area contributed by atoms with E-state index in [4.69, 9.17) is 4.99 Å². The topological polar surface area (TPSA) is 63.8 Å². The van der Waals surface area contributed by atoms with Crippen molar-refractivity contribution in [1.29, 1.82) is 0 Å². The molecule has 0 spiro atoms. The van der Waals surface area contributed by atoms with Gasteiger partial charge in [0, 0.05) is 11.3 Å². The molecule has 8 heteroatoms. The summed E-state index contributed by atoms with van der Waals surface area (Å²) >= 11 is 1.54. The summed E-state index contributed by atoms with van der Waals surface area (Å²) < 4.78 is 29.1. The number of benzene rings is 4. The van der Waals surface area contributed by atoms with Crippen LogP contribution in [0.3, 0.4) is 0 Å². The molecule has 0 amide bonds. The second kappa shape index (κ2) is 11.2. The highest BCUT2D eigenvalue weighted by Crippen LogP contribution is 2.21. The Balaban J connectivity index is 0.00000304. The Labute approximate surface area is 224 Å². The normalized spacial score (nSPS) is 12.5. The number of rotatable bonds is 5. The average Bonchev–Trinajstić information content (AvgIpc) is 3.26. The standard InChI is InChI=1S/C28H23N3O2S2.BrH/c1-21-16-18-22(19-17-21)27(29-20-35(32,33)24-12-6-3-7-13-24)30-28-31(23-10-4-2-5-11-23)25-14-8-9-15-26(25)34-28;/h2-19H,20H2,1H3;1H/b29-27-,30-28?;. The number of sulfone groups is 1. The van der Waals surface area contributed by atoms with E-state index in [2.05, 4.69) is 21.7 Å². The van der Waals surface area contributed by atoms with Crippen LogP contribution >= 0.6 is 28.3 Å². The fourth-order valence-electron chi connectivity index (χ4n) is 3.71. The number of aryl methyl sites for hydroxylation is 1. The Morgan fingerprint density at radius 1 is 0.806 bits per heavy atom. The van der Waals surface area contributed by atoms with E-state index in [1.807, 2.05) is 73.7 Å². The van der Waals surface area contributed by atoms with Gasteiger partial charge < -0.3 is 0 Å². The van der Waals surface area contributed by atoms with Crippen molar-refractivity contribution in [2.45, 2.75) is 11.8 Å². The number of aliphatic imine (C=N–C) groups is 1. The number of hydrogen-bond donors (Lipinski definition) is 0. The highest BCUT2D eigenvalue weighted by molar-refractivity contribution is 8.93. The highest BCUT2D eigenvalue weighted by atomic mass is 79.9. The smallest absolute Gasteiger partial charge is 0.198 e. The van der Waals surface area contributed by atoms with Crippen LogP contribution in [0.5, 0.6) is 0 Å². The zero-order valence-electron chi connectivity index (χ0n) is 19.5. The van der Waals surface area contributed by atoms with Gasteiger partial charge in [0.05, 0.1) is 15.1 Å². The van der Waals surface area contributed by atoms with Crippen LogP contribution < -0.4 is 4.80 Å². The van der Waals surface area contributed by atoms with E-state index in [1.54, 1.807) is 41.7 Å². The lowest BCUT2D eigenvalue weighted by molar-refractivity contribution is 0.596. The lowest BCUT2D eigenvalue weighted by Gasteiger charge is -2.07. The number of hydrogen-bond acceptors (Lipinski definition) is 4. The zero-order valence-corrected chi connectivity index (χ0v) is 22.8. The molecule has 0 fully saturated rings. The summed E-state index contributed by atoms with van der Waals surface area (Å²) in [4.78, 5) is 10.4. The minimum Gasteiger partial charge on any atom is -0.285 e. The minimum atomic E-state index is -3.60. The molecule has 5 rings (SSSR count). The van der Waals surface area contributed by atoms with Gasteiger partial charge in [-0.15, -0.1) is 17.0 Å². The lowest BCUT2D eigenvalue weighted by atomic mass is 10.1. The average molecular weight is 579 g/mol. The first-order valence-corrected chi connectivity index (χ1v) is 13.6. The third-order valence-electron chi connectivity index (χ3n) is 5.51. The van der Waals surface area contributed by atoms with Crippen LogP contribution in [0.25, 0.3) is 15.9 Å². The van der Waals surface area contributed by atoms with Gasteiger partial charge in [-0.05, 0) is 43.3 Å². The number of fused-ring (bicyclic) bond motifs is 1. The summed E-state index contributed by atoms with van der Waals surface area (Å²) in [5.41, 5.74) is 3.87. The molecule has 0 bridgehead atoms. The summed E-state index contributed by atoms with van der Waals surface area (Å²) in [6, 6.07) is 34.3. The van der Waals surface area contributed by atoms with Crippen molar-refractivity contribution in [3.05, 3.63) is 125 Å². The molecular formula is C28H24BrN3O2S2. The molecule has 0 N–H and O–H groups in total. The third kappa shape index (κ3) is 5.56. The van der Waals surface area contributed by atoms with E-state index in [0.717, 1.165) is 27.0 Å². The molecule has 0 unspecified atom stereocenters. The number of aromatic nitrogens is 1. The van der Waals surface area contributed by atoms with Gasteiger partial charge in [-0.1, -0.05) is 89.7 Å². The van der Waals surface area contributed by atoms with E-state index in [1.165, 1.54) is 0 Å². The Morgan fingerprint density at radius 2 is 1.42 bits per heavy atom. The van der Waals surface area contributed by atoms with E-state index < -0.39 is 9.84 Å². The van der Waals surface area contributed by atoms with Gasteiger partial charge in [0.15, 0.2) is 20.5 Å². The molecule has 0 saturated heterocycles. The molecule has 0 saturated carbocycles. The number of amidine groups is 1. The molecule has 4 aromatic carbocycles. The van der Waals surface area contributed by atoms with Gasteiger partial charge in [-0.2, -0.15) is 0 Å². The van der Waals surface area contributed by atoms with Gasteiger partial charge >= 0.3 is 0 Å².